The average molecular weight is 551 g/mol. The molecule has 226 valence electrons. The van der Waals surface area contributed by atoms with Crippen molar-refractivity contribution in [3.63, 3.8) is 0 Å². The van der Waals surface area contributed by atoms with Gasteiger partial charge in [0, 0.05) is 5.56 Å². The fourth-order valence-electron chi connectivity index (χ4n) is 5.49. The third-order valence-electron chi connectivity index (χ3n) is 8.18. The largest absolute Gasteiger partial charge is 0.490 e. The first kappa shape index (κ1) is 34.3. The topological polar surface area (TPSA) is 35.0 Å². The summed E-state index contributed by atoms with van der Waals surface area (Å²) in [6.45, 7) is 5.33. The van der Waals surface area contributed by atoms with Crippen LogP contribution in [0.25, 0.3) is 11.4 Å². The summed E-state index contributed by atoms with van der Waals surface area (Å²) in [7, 11) is 0. The summed E-state index contributed by atoms with van der Waals surface area (Å²) in [4.78, 5) is 9.11. The molecule has 0 spiro atoms. The van der Waals surface area contributed by atoms with Gasteiger partial charge in [-0.15, -0.1) is 0 Å². The number of unbranched alkanes of at least 4 members (excludes halogenated alkanes) is 21. The molecule has 1 heterocycles. The van der Waals surface area contributed by atoms with E-state index in [1.165, 1.54) is 153 Å². The number of hydrogen-bond donors (Lipinski definition) is 0. The third-order valence-corrected chi connectivity index (χ3v) is 8.18. The van der Waals surface area contributed by atoms with E-state index >= 15 is 0 Å². The first-order chi connectivity index (χ1) is 19.8. The number of aromatic nitrogens is 2. The number of aryl methyl sites for hydroxylation is 1. The summed E-state index contributed by atoms with van der Waals surface area (Å²) in [5, 5.41) is 0. The Hall–Kier alpha value is -1.90. The summed E-state index contributed by atoms with van der Waals surface area (Å²) in [6.07, 6.45) is 36.5. The second-order valence-electron chi connectivity index (χ2n) is 12.0. The second-order valence-corrected chi connectivity index (χ2v) is 12.0. The highest BCUT2D eigenvalue weighted by Gasteiger charge is 2.03. The first-order valence-electron chi connectivity index (χ1n) is 17.4. The average Bonchev–Trinajstić information content (AvgIpc) is 2.99. The van der Waals surface area contributed by atoms with E-state index in [1.807, 2.05) is 12.4 Å². The Morgan fingerprint density at radius 3 is 1.32 bits per heavy atom. The zero-order valence-corrected chi connectivity index (χ0v) is 26.4. The van der Waals surface area contributed by atoms with E-state index in [0.29, 0.717) is 0 Å². The van der Waals surface area contributed by atoms with Gasteiger partial charge in [0.15, 0.2) is 11.6 Å². The summed E-state index contributed by atoms with van der Waals surface area (Å²) < 4.78 is 5.88. The lowest BCUT2D eigenvalue weighted by molar-refractivity contribution is 0.302. The van der Waals surface area contributed by atoms with Crippen LogP contribution in [0.3, 0.4) is 0 Å². The molecule has 2 rings (SSSR count). The van der Waals surface area contributed by atoms with Gasteiger partial charge in [-0.2, -0.15) is 0 Å². The van der Waals surface area contributed by atoms with Gasteiger partial charge in [-0.3, -0.25) is 0 Å². The van der Waals surface area contributed by atoms with Crippen LogP contribution in [0.4, 0.5) is 0 Å². The monoisotopic (exact) mass is 550 g/mol. The van der Waals surface area contributed by atoms with Crippen LogP contribution in [0.5, 0.6) is 5.75 Å². The van der Waals surface area contributed by atoms with Crippen molar-refractivity contribution in [3.05, 3.63) is 42.2 Å². The van der Waals surface area contributed by atoms with Crippen LogP contribution < -0.4 is 4.74 Å². The van der Waals surface area contributed by atoms with Gasteiger partial charge in [0.25, 0.3) is 0 Å². The fourth-order valence-corrected chi connectivity index (χ4v) is 5.49. The second kappa shape index (κ2) is 24.9. The molecule has 0 aliphatic rings. The Bertz CT molecular complexity index is 732. The molecule has 0 N–H and O–H groups in total. The van der Waals surface area contributed by atoms with Gasteiger partial charge in [-0.1, -0.05) is 173 Å². The molecular formula is C37H62N2O. The molecule has 1 aromatic carbocycles. The predicted octanol–water partition coefficient (Wildman–Crippen LogP) is 12.1. The number of ether oxygens (including phenoxy) is 1. The van der Waals surface area contributed by atoms with Gasteiger partial charge in [0.2, 0.25) is 0 Å². The highest BCUT2D eigenvalue weighted by molar-refractivity contribution is 5.55. The summed E-state index contributed by atoms with van der Waals surface area (Å²) in [5.74, 6) is 1.55. The molecule has 2 aromatic rings. The van der Waals surface area contributed by atoms with Crippen LogP contribution in [0.1, 0.15) is 167 Å². The number of benzene rings is 1. The quantitative estimate of drug-likeness (QED) is 0.104. The molecule has 1 aromatic heterocycles. The van der Waals surface area contributed by atoms with Crippen LogP contribution >= 0.6 is 0 Å². The zero-order chi connectivity index (χ0) is 28.4. The molecule has 0 fully saturated rings. The van der Waals surface area contributed by atoms with E-state index in [-0.39, 0.29) is 0 Å². The normalized spacial score (nSPS) is 11.2. The van der Waals surface area contributed by atoms with Crippen molar-refractivity contribution >= 4 is 0 Å². The number of hydrogen-bond acceptors (Lipinski definition) is 3. The molecule has 3 nitrogen and oxygen atoms in total. The maximum atomic E-state index is 5.88. The van der Waals surface area contributed by atoms with Crippen molar-refractivity contribution < 1.29 is 4.74 Å². The third kappa shape index (κ3) is 17.7. The first-order valence-corrected chi connectivity index (χ1v) is 17.4. The minimum Gasteiger partial charge on any atom is -0.490 e. The van der Waals surface area contributed by atoms with E-state index in [4.69, 9.17) is 4.74 Å². The Labute approximate surface area is 248 Å². The van der Waals surface area contributed by atoms with Gasteiger partial charge >= 0.3 is 0 Å². The standard InChI is InChI=1S/C37H62N2O/c1-3-5-7-9-11-13-15-16-18-20-22-24-26-34-27-29-35(30-28-34)37-38-32-36(33-39-37)40-31-25-23-21-19-17-14-12-10-8-6-4-2/h27-30,32-33H,3-26,31H2,1-2H3. The van der Waals surface area contributed by atoms with Crippen molar-refractivity contribution in [3.8, 4) is 17.1 Å². The van der Waals surface area contributed by atoms with Crippen LogP contribution in [0.2, 0.25) is 0 Å². The van der Waals surface area contributed by atoms with Gasteiger partial charge in [0.05, 0.1) is 19.0 Å². The molecule has 3 heteroatoms. The maximum absolute atomic E-state index is 5.88. The predicted molar refractivity (Wildman–Crippen MR) is 174 cm³/mol. The Morgan fingerprint density at radius 1 is 0.475 bits per heavy atom. The summed E-state index contributed by atoms with van der Waals surface area (Å²) in [6, 6.07) is 8.82. The van der Waals surface area contributed by atoms with Crippen molar-refractivity contribution in [1.29, 1.82) is 0 Å². The van der Waals surface area contributed by atoms with E-state index in [9.17, 15) is 0 Å². The molecule has 0 bridgehead atoms. The van der Waals surface area contributed by atoms with E-state index in [1.54, 1.807) is 0 Å². The zero-order valence-electron chi connectivity index (χ0n) is 26.4. The van der Waals surface area contributed by atoms with Crippen LogP contribution in [-0.4, -0.2) is 16.6 Å². The van der Waals surface area contributed by atoms with Crippen molar-refractivity contribution in [2.45, 2.75) is 168 Å². The van der Waals surface area contributed by atoms with Gasteiger partial charge in [-0.05, 0) is 24.8 Å². The Kier molecular flexibility index (Phi) is 21.3. The van der Waals surface area contributed by atoms with Gasteiger partial charge in [-0.25, -0.2) is 9.97 Å². The molecule has 40 heavy (non-hydrogen) atoms. The lowest BCUT2D eigenvalue weighted by atomic mass is 10.0. The van der Waals surface area contributed by atoms with Crippen molar-refractivity contribution in [1.82, 2.24) is 9.97 Å². The van der Waals surface area contributed by atoms with Crippen molar-refractivity contribution in [2.24, 2.45) is 0 Å². The van der Waals surface area contributed by atoms with Crippen LogP contribution in [-0.2, 0) is 6.42 Å². The molecule has 0 atom stereocenters. The van der Waals surface area contributed by atoms with E-state index < -0.39 is 0 Å². The SMILES string of the molecule is CCCCCCCCCCCCCCc1ccc(-c2ncc(OCCCCCCCCCCCCC)cn2)cc1. The number of rotatable bonds is 27. The summed E-state index contributed by atoms with van der Waals surface area (Å²) >= 11 is 0. The molecule has 0 saturated carbocycles. The van der Waals surface area contributed by atoms with E-state index in [2.05, 4.69) is 48.1 Å². The molecular weight excluding hydrogens is 488 g/mol. The minimum atomic E-state index is 0.757. The highest BCUT2D eigenvalue weighted by atomic mass is 16.5. The lowest BCUT2D eigenvalue weighted by Gasteiger charge is -2.07. The maximum Gasteiger partial charge on any atom is 0.159 e. The molecule has 0 saturated heterocycles. The molecule has 0 unspecified atom stereocenters. The van der Waals surface area contributed by atoms with Gasteiger partial charge < -0.3 is 4.74 Å². The molecule has 0 amide bonds. The van der Waals surface area contributed by atoms with Crippen molar-refractivity contribution in [2.75, 3.05) is 6.61 Å². The van der Waals surface area contributed by atoms with E-state index in [0.717, 1.165) is 30.2 Å². The Morgan fingerprint density at radius 2 is 0.875 bits per heavy atom. The van der Waals surface area contributed by atoms with Crippen LogP contribution in [0.15, 0.2) is 36.7 Å². The molecule has 0 aliphatic heterocycles. The fraction of sp³-hybridized carbons (Fsp3) is 0.730. The van der Waals surface area contributed by atoms with Gasteiger partial charge in [0.1, 0.15) is 0 Å². The van der Waals surface area contributed by atoms with Crippen LogP contribution in [0, 0.1) is 0 Å². The molecule has 0 aliphatic carbocycles. The highest BCUT2D eigenvalue weighted by Crippen LogP contribution is 2.19. The lowest BCUT2D eigenvalue weighted by Crippen LogP contribution is -1.99. The summed E-state index contributed by atoms with van der Waals surface area (Å²) in [5.41, 5.74) is 2.50. The smallest absolute Gasteiger partial charge is 0.159 e. The molecule has 0 radical (unpaired) electrons. The Balaban J connectivity index is 1.47. The minimum absolute atomic E-state index is 0.757. The number of nitrogens with zero attached hydrogens (tertiary/aromatic N) is 2.